The van der Waals surface area contributed by atoms with Crippen LogP contribution in [-0.2, 0) is 54.3 Å². The number of ether oxygens (including phenoxy) is 3. The number of azide groups is 2. The van der Waals surface area contributed by atoms with Crippen molar-refractivity contribution < 1.29 is 67.1 Å². The lowest BCUT2D eigenvalue weighted by atomic mass is 9.78. The Hall–Kier alpha value is -9.04. The summed E-state index contributed by atoms with van der Waals surface area (Å²) in [4.78, 5) is 95.5. The molecule has 7 aliphatic rings. The van der Waals surface area contributed by atoms with Crippen LogP contribution < -0.4 is 20.7 Å². The number of esters is 1. The second kappa shape index (κ2) is 45.5. The lowest BCUT2D eigenvalue weighted by Gasteiger charge is -2.29. The van der Waals surface area contributed by atoms with Gasteiger partial charge in [-0.3, -0.25) is 19.2 Å². The fourth-order valence-electron chi connectivity index (χ4n) is 14.7. The van der Waals surface area contributed by atoms with Crippen molar-refractivity contribution in [3.63, 3.8) is 0 Å². The first-order valence-electron chi connectivity index (χ1n) is 37.9. The molecule has 0 radical (unpaired) electrons. The number of aromatic hydroxyl groups is 1. The number of anilines is 2. The zero-order valence-corrected chi connectivity index (χ0v) is 60.9. The zero-order chi connectivity index (χ0) is 74.7. The van der Waals surface area contributed by atoms with Gasteiger partial charge in [-0.2, -0.15) is 0 Å². The summed E-state index contributed by atoms with van der Waals surface area (Å²) in [5.41, 5.74) is 21.8. The highest BCUT2D eigenvalue weighted by atomic mass is 19.1. The van der Waals surface area contributed by atoms with E-state index in [1.54, 1.807) is 27.7 Å². The summed E-state index contributed by atoms with van der Waals surface area (Å²) >= 11 is 0. The van der Waals surface area contributed by atoms with Gasteiger partial charge in [-0.1, -0.05) is 54.8 Å². The number of carbonyl (C=O) groups excluding carboxylic acids is 5. The highest BCUT2D eigenvalue weighted by Crippen LogP contribution is 2.36. The van der Waals surface area contributed by atoms with Crippen LogP contribution in [0.3, 0.4) is 0 Å². The average molecular weight is 1480 g/mol. The fraction of sp³-hybridized carbons (Fsp3) is 0.636. The molecule has 0 unspecified atom stereocenters. The average Bonchev–Trinajstić information content (AvgIpc) is 1.60. The number of aliphatic carboxylic acids is 1. The third-order valence-electron chi connectivity index (χ3n) is 20.5. The van der Waals surface area contributed by atoms with Crippen LogP contribution >= 0.6 is 0 Å². The minimum Gasteiger partial charge on any atom is -0.505 e. The van der Waals surface area contributed by atoms with Crippen molar-refractivity contribution in [2.75, 3.05) is 109 Å². The highest BCUT2D eigenvalue weighted by molar-refractivity contribution is 5.80. The van der Waals surface area contributed by atoms with Crippen molar-refractivity contribution in [2.24, 2.45) is 28.0 Å². The van der Waals surface area contributed by atoms with E-state index in [0.29, 0.717) is 107 Å². The number of nitrogens with zero attached hydrogens (tertiary/aromatic N) is 12. The summed E-state index contributed by atoms with van der Waals surface area (Å²) in [6, 6.07) is 14.9. The molecule has 6 N–H and O–H groups in total. The van der Waals surface area contributed by atoms with E-state index in [-0.39, 0.29) is 63.2 Å². The van der Waals surface area contributed by atoms with Crippen molar-refractivity contribution in [2.45, 2.75) is 199 Å². The number of aromatic nitrogens is 2. The largest absolute Gasteiger partial charge is 0.505 e. The van der Waals surface area contributed by atoms with Crippen molar-refractivity contribution in [3.05, 3.63) is 127 Å². The number of carboxylic acid groups (broad SMARTS) is 1. The number of fused-ring (bicyclic) bond motifs is 2. The van der Waals surface area contributed by atoms with Crippen LogP contribution in [0.15, 0.2) is 70.9 Å². The Kier molecular flexibility index (Phi) is 36.1. The topological polar surface area (TPSA) is 363 Å². The number of nitrogens with one attached hydrogen (secondary N) is 3. The molecule has 11 rings (SSSR count). The summed E-state index contributed by atoms with van der Waals surface area (Å²) < 4.78 is 45.0. The van der Waals surface area contributed by atoms with Crippen LogP contribution in [0, 0.1) is 29.4 Å². The van der Waals surface area contributed by atoms with Crippen LogP contribution in [0.4, 0.5) is 30.0 Å². The van der Waals surface area contributed by atoms with Gasteiger partial charge in [0.2, 0.25) is 5.91 Å². The maximum absolute atomic E-state index is 15.2. The molecule has 5 amide bonds. The Morgan fingerprint density at radius 3 is 1.79 bits per heavy atom. The van der Waals surface area contributed by atoms with Crippen LogP contribution in [0.25, 0.3) is 20.9 Å². The van der Waals surface area contributed by atoms with E-state index in [1.807, 2.05) is 6.07 Å². The third kappa shape index (κ3) is 27.4. The number of phenolic OH excluding ortho intramolecular Hbond substituents is 1. The number of carbonyl (C=O) groups is 6. The summed E-state index contributed by atoms with van der Waals surface area (Å²) in [5, 5.41) is 44.4. The first-order valence-corrected chi connectivity index (χ1v) is 37.9. The molecule has 0 spiro atoms. The van der Waals surface area contributed by atoms with Crippen molar-refractivity contribution in [1.82, 2.24) is 34.9 Å². The molecule has 2 saturated carbocycles. The van der Waals surface area contributed by atoms with Gasteiger partial charge in [-0.05, 0) is 223 Å². The molecular formula is C77H111F2N15O12. The minimum absolute atomic E-state index is 0. The second-order valence-corrected chi connectivity index (χ2v) is 28.0. The van der Waals surface area contributed by atoms with Gasteiger partial charge in [-0.25, -0.2) is 28.3 Å². The van der Waals surface area contributed by atoms with Gasteiger partial charge in [0.05, 0.1) is 38.1 Å². The number of rotatable bonds is 33. The van der Waals surface area contributed by atoms with Gasteiger partial charge in [0, 0.05) is 119 Å². The Morgan fingerprint density at radius 1 is 0.698 bits per heavy atom. The predicted octanol–water partition coefficient (Wildman–Crippen LogP) is 13.9. The third-order valence-corrected chi connectivity index (χ3v) is 20.5. The highest BCUT2D eigenvalue weighted by Gasteiger charge is 2.38. The van der Waals surface area contributed by atoms with Gasteiger partial charge >= 0.3 is 24.0 Å². The number of aliphatic hydroxyl groups is 1. The monoisotopic (exact) mass is 1480 g/mol. The number of carboxylic acids is 1. The Morgan fingerprint density at radius 2 is 1.25 bits per heavy atom. The normalized spacial score (nSPS) is 19.2. The van der Waals surface area contributed by atoms with E-state index >= 15 is 4.39 Å². The number of aliphatic hydroxyl groups excluding tert-OH is 1. The quantitative estimate of drug-likeness (QED) is 0.00848. The molecule has 2 aliphatic carbocycles. The molecule has 7 heterocycles. The number of halogens is 2. The number of aryl methyl sites for hydroxylation is 4. The van der Waals surface area contributed by atoms with Crippen LogP contribution in [0.5, 0.6) is 11.5 Å². The number of hydrogen-bond acceptors (Lipinski definition) is 17. The van der Waals surface area contributed by atoms with Crippen LogP contribution in [-0.4, -0.2) is 185 Å². The molecule has 2 aromatic carbocycles. The number of urea groups is 2. The number of ketones is 1. The summed E-state index contributed by atoms with van der Waals surface area (Å²) in [6.45, 7) is 9.58. The molecule has 0 bridgehead atoms. The maximum atomic E-state index is 15.2. The summed E-state index contributed by atoms with van der Waals surface area (Å²) in [5.74, 6) is 0.294. The van der Waals surface area contributed by atoms with E-state index in [2.05, 4.69) is 54.2 Å². The van der Waals surface area contributed by atoms with Crippen LogP contribution in [0.2, 0.25) is 0 Å². The molecule has 4 aromatic rings. The summed E-state index contributed by atoms with van der Waals surface area (Å²) in [7, 11) is 0. The van der Waals surface area contributed by atoms with Crippen molar-refractivity contribution >= 4 is 47.3 Å². The molecular weight excluding hydrogens is 1360 g/mol. The molecule has 5 fully saturated rings. The molecule has 106 heavy (non-hydrogen) atoms. The van der Waals surface area contributed by atoms with Crippen LogP contribution in [0.1, 0.15) is 201 Å². The minimum atomic E-state index is -1.07. The first-order chi connectivity index (χ1) is 51.0. The fourth-order valence-corrected chi connectivity index (χ4v) is 14.7. The maximum Gasteiger partial charge on any atom is 0.320 e. The molecule has 580 valence electrons. The van der Waals surface area contributed by atoms with Crippen molar-refractivity contribution in [1.29, 1.82) is 0 Å². The van der Waals surface area contributed by atoms with Gasteiger partial charge in [-0.15, -0.1) is 0 Å². The van der Waals surface area contributed by atoms with Crippen molar-refractivity contribution in [3.8, 4) is 11.5 Å². The number of unbranched alkanes of at least 4 members (excludes halogenated alkanes) is 1. The van der Waals surface area contributed by atoms with Gasteiger partial charge in [0.1, 0.15) is 24.0 Å². The number of pyridine rings is 2. The van der Waals surface area contributed by atoms with Gasteiger partial charge < -0.3 is 65.1 Å². The molecule has 2 atom stereocenters. The Bertz CT molecular complexity index is 3560. The molecule has 5 aliphatic heterocycles. The standard InChI is InChI=1S/C33H43FN8O5.C25H31FN4O4.C14H25N3O2.C4H8O.CH4/c34-27-19-24(8-12-29(27)47-18-13-22-5-9-26(10-6-22)38-30(43)21-37-40-35)28(20-31(44)45)42-17-16-41(33(42)46)15-2-4-25-11-7-23-3-1-14-36-32(23)39-25;1-2-34-23(32)16-21(18-8-10-22(31)20(26)15-18)30-14-13-29(25(30)33)12-4-6-19-9-7-17-5-3-11-27-24(17)28-19;15-17-16-9-2-1-3-14(19)11-13-6-4-12(5-7-13)8-10-18;1-2-4-5-3-1;/h7-8,11-12,19,22,26,28H,1-6,9-10,13-18,20-21H2,(H,36,39)(H,38,43)(H,44,45);7-10,15,21,31H,2-6,11-14,16H2,1H3,(H,27,28);12-13,18H,1-11H2;1-4H2;1H4/t22?,26?,28-;21-;;;/m00.../s1. The lowest BCUT2D eigenvalue weighted by Crippen LogP contribution is -2.38. The van der Waals surface area contributed by atoms with E-state index in [1.165, 1.54) is 59.2 Å². The van der Waals surface area contributed by atoms with Gasteiger partial charge in [0.25, 0.3) is 0 Å². The number of hydrogen-bond donors (Lipinski definition) is 6. The van der Waals surface area contributed by atoms with E-state index < -0.39 is 41.4 Å². The molecule has 3 saturated heterocycles. The second-order valence-electron chi connectivity index (χ2n) is 28.0. The first kappa shape index (κ1) is 84.2. The predicted molar refractivity (Wildman–Crippen MR) is 399 cm³/mol. The lowest BCUT2D eigenvalue weighted by molar-refractivity contribution is -0.144. The zero-order valence-electron chi connectivity index (χ0n) is 60.9. The molecule has 2 aromatic heterocycles. The Balaban J connectivity index is 0.000000230. The SMILES string of the molecule is C.C1CCOC1.CCOC(=O)C[C@@H](c1ccc(O)c(F)c1)N1CCN(CCCc2ccc3c(n2)NCCC3)C1=O.[N-]=[N+]=NCC(=O)NC1CCC(CCOc2ccc([C@H](CC(=O)O)N3CCN(CCCc4ccc5c(n4)NCCC5)C3=O)cc2F)CC1.[N-]=[N+]=NCCCCC(=O)CC1CCC(CCO)CC1. The van der Waals surface area contributed by atoms with E-state index in [9.17, 15) is 43.4 Å². The van der Waals surface area contributed by atoms with E-state index in [4.69, 9.17) is 40.3 Å². The summed E-state index contributed by atoms with van der Waals surface area (Å²) in [6.07, 6.45) is 22.1. The van der Waals surface area contributed by atoms with Gasteiger partial charge in [0.15, 0.2) is 23.1 Å². The number of Topliss-reactive ketones (excluding diaryl/α,β-unsaturated/α-hetero) is 1. The van der Waals surface area contributed by atoms with E-state index in [0.717, 1.165) is 178 Å². The number of benzene rings is 2. The smallest absolute Gasteiger partial charge is 0.320 e. The number of phenols is 1. The number of amides is 5. The molecule has 29 heteroatoms. The molecule has 27 nitrogen and oxygen atoms in total. The Labute approximate surface area is 621 Å².